The molecule has 0 amide bonds. The van der Waals surface area contributed by atoms with Crippen LogP contribution in [0.2, 0.25) is 5.02 Å². The molecule has 0 unspecified atom stereocenters. The van der Waals surface area contributed by atoms with Crippen molar-refractivity contribution in [2.45, 2.75) is 6.61 Å². The molecule has 5 aromatic rings. The Balaban J connectivity index is 1.69. The number of H-pyrrole nitrogens is 2. The number of aryl methyl sites for hydroxylation is 1. The predicted octanol–water partition coefficient (Wildman–Crippen LogP) is 3.08. The molecule has 2 aromatic carbocycles. The van der Waals surface area contributed by atoms with Crippen LogP contribution in [0.5, 0.6) is 5.75 Å². The largest absolute Gasteiger partial charge is 0.488 e. The summed E-state index contributed by atoms with van der Waals surface area (Å²) in [7, 11) is 1.86. The van der Waals surface area contributed by atoms with Crippen LogP contribution >= 0.6 is 23.1 Å². The minimum absolute atomic E-state index is 0.0785. The smallest absolute Gasteiger partial charge is 0.271 e. The maximum atomic E-state index is 14.2. The number of benzene rings is 2. The number of ether oxygens (including phenoxy) is 1. The van der Waals surface area contributed by atoms with Crippen LogP contribution in [0.3, 0.4) is 0 Å². The molecule has 0 atom stereocenters. The van der Waals surface area contributed by atoms with Crippen molar-refractivity contribution in [1.29, 1.82) is 0 Å². The third-order valence-electron chi connectivity index (χ3n) is 5.41. The molecule has 172 valence electrons. The molecule has 0 aliphatic rings. The summed E-state index contributed by atoms with van der Waals surface area (Å²) in [5.74, 6) is -0.964. The van der Waals surface area contributed by atoms with E-state index in [0.29, 0.717) is 37.1 Å². The third kappa shape index (κ3) is 3.70. The van der Waals surface area contributed by atoms with Gasteiger partial charge in [0, 0.05) is 29.8 Å². The highest BCUT2D eigenvalue weighted by Gasteiger charge is 2.16. The quantitative estimate of drug-likeness (QED) is 0.372. The summed E-state index contributed by atoms with van der Waals surface area (Å²) in [5.41, 5.74) is 1.10. The number of hydrogen-bond acceptors (Lipinski definition) is 5. The maximum absolute atomic E-state index is 14.2. The van der Waals surface area contributed by atoms with E-state index < -0.39 is 11.6 Å². The highest BCUT2D eigenvalue weighted by molar-refractivity contribution is 7.03. The van der Waals surface area contributed by atoms with Gasteiger partial charge in [0.15, 0.2) is 0 Å². The van der Waals surface area contributed by atoms with Gasteiger partial charge in [0.2, 0.25) is 0 Å². The molecule has 0 aliphatic carbocycles. The number of nitrogens with one attached hydrogen (secondary N) is 2. The first-order chi connectivity index (χ1) is 16.3. The van der Waals surface area contributed by atoms with Gasteiger partial charge in [-0.25, -0.2) is 8.78 Å². The molecule has 0 spiro atoms. The van der Waals surface area contributed by atoms with Crippen molar-refractivity contribution < 1.29 is 13.5 Å². The highest BCUT2D eigenvalue weighted by Crippen LogP contribution is 2.32. The zero-order valence-electron chi connectivity index (χ0n) is 17.7. The fourth-order valence-electron chi connectivity index (χ4n) is 3.77. The summed E-state index contributed by atoms with van der Waals surface area (Å²) in [5, 5.41) is 11.1. The molecule has 2 N–H and O–H groups in total. The molecule has 0 bridgehead atoms. The van der Waals surface area contributed by atoms with Crippen molar-refractivity contribution >= 4 is 46.7 Å². The van der Waals surface area contributed by atoms with Gasteiger partial charge in [-0.15, -0.1) is 5.10 Å². The molecule has 0 radical (unpaired) electrons. The molecule has 0 saturated heterocycles. The second-order valence-corrected chi connectivity index (χ2v) is 8.65. The Labute approximate surface area is 199 Å². The summed E-state index contributed by atoms with van der Waals surface area (Å²) in [6.07, 6.45) is 3.56. The van der Waals surface area contributed by atoms with Crippen LogP contribution in [0.15, 0.2) is 41.3 Å². The van der Waals surface area contributed by atoms with Crippen LogP contribution < -0.4 is 20.9 Å². The second-order valence-electron chi connectivity index (χ2n) is 7.52. The van der Waals surface area contributed by atoms with Gasteiger partial charge in [0.05, 0.1) is 21.1 Å². The Kier molecular flexibility index (Phi) is 5.54. The summed E-state index contributed by atoms with van der Waals surface area (Å²) in [6, 6.07) is 7.37. The van der Waals surface area contributed by atoms with Crippen molar-refractivity contribution in [3.05, 3.63) is 95.1 Å². The van der Waals surface area contributed by atoms with Crippen molar-refractivity contribution in [1.82, 2.24) is 24.4 Å². The van der Waals surface area contributed by atoms with Gasteiger partial charge >= 0.3 is 0 Å². The lowest BCUT2D eigenvalue weighted by atomic mass is 10.1. The predicted molar refractivity (Wildman–Crippen MR) is 126 cm³/mol. The minimum atomic E-state index is -0.727. The molecule has 5 rings (SSSR count). The highest BCUT2D eigenvalue weighted by atomic mass is 35.5. The molecule has 0 aliphatic heterocycles. The summed E-state index contributed by atoms with van der Waals surface area (Å²) >= 11 is 7.07. The zero-order valence-corrected chi connectivity index (χ0v) is 19.2. The van der Waals surface area contributed by atoms with E-state index in [1.54, 1.807) is 18.2 Å². The number of nitrogens with zero attached hydrogens (tertiary/aromatic N) is 3. The fraction of sp³-hybridized carbons (Fsp3) is 0.0870. The normalized spacial score (nSPS) is 13.1. The van der Waals surface area contributed by atoms with Crippen molar-refractivity contribution in [3.8, 4) is 5.75 Å². The Morgan fingerprint density at radius 1 is 1.24 bits per heavy atom. The molecule has 11 heteroatoms. The summed E-state index contributed by atoms with van der Waals surface area (Å²) in [4.78, 5) is 12.6. The first-order valence-corrected chi connectivity index (χ1v) is 11.1. The minimum Gasteiger partial charge on any atom is -0.488 e. The van der Waals surface area contributed by atoms with Gasteiger partial charge in [-0.05, 0) is 41.9 Å². The monoisotopic (exact) mass is 499 g/mol. The first kappa shape index (κ1) is 22.1. The van der Waals surface area contributed by atoms with Crippen molar-refractivity contribution in [2.24, 2.45) is 7.05 Å². The van der Waals surface area contributed by atoms with Crippen LogP contribution in [0, 0.1) is 21.5 Å². The molecule has 7 nitrogen and oxygen atoms in total. The maximum Gasteiger partial charge on any atom is 0.271 e. The Hall–Kier alpha value is -3.76. The second kappa shape index (κ2) is 8.54. The Bertz CT molecular complexity index is 1820. The molecule has 0 saturated carbocycles. The third-order valence-corrected chi connectivity index (χ3v) is 6.61. The van der Waals surface area contributed by atoms with E-state index in [-0.39, 0.29) is 22.8 Å². The van der Waals surface area contributed by atoms with E-state index in [9.17, 15) is 13.6 Å². The molecular weight excluding hydrogens is 484 g/mol. The molecule has 34 heavy (non-hydrogen) atoms. The van der Waals surface area contributed by atoms with Crippen LogP contribution in [-0.2, 0) is 13.7 Å². The number of halogens is 3. The summed E-state index contributed by atoms with van der Waals surface area (Å²) < 4.78 is 40.4. The topological polar surface area (TPSA) is 88.6 Å². The number of hydrogen-bond donors (Lipinski definition) is 2. The van der Waals surface area contributed by atoms with E-state index in [2.05, 4.69) is 26.4 Å². The molecular formula is C23H16ClF2N5O2S. The number of fused-ring (bicyclic) bond motifs is 1. The van der Waals surface area contributed by atoms with Crippen LogP contribution in [-0.4, -0.2) is 24.4 Å². The van der Waals surface area contributed by atoms with Gasteiger partial charge in [-0.1, -0.05) is 28.7 Å². The van der Waals surface area contributed by atoms with Crippen LogP contribution in [0.25, 0.3) is 23.6 Å². The van der Waals surface area contributed by atoms with Gasteiger partial charge < -0.3 is 9.30 Å². The van der Waals surface area contributed by atoms with E-state index in [0.717, 1.165) is 29.2 Å². The van der Waals surface area contributed by atoms with Crippen LogP contribution in [0.1, 0.15) is 11.1 Å². The average molecular weight is 500 g/mol. The number of rotatable bonds is 4. The standard InChI is InChI=1S/C23H16ClF2N5O2S/c1-11-22(34-30-27-11)21-13(23(32)29-28-21)8-12-9-31(2)17-4-3-5-18(19(12)17)33-10-14-15(25)6-7-16(26)20(14)24/h3-9,28H,1,10H2,2H3,(H,29,32)/b13-8-,22-21-. The van der Waals surface area contributed by atoms with Crippen molar-refractivity contribution in [2.75, 3.05) is 0 Å². The fourth-order valence-corrected chi connectivity index (χ4v) is 4.59. The van der Waals surface area contributed by atoms with Gasteiger partial charge in [0.1, 0.15) is 33.9 Å². The molecule has 0 fully saturated rings. The lowest BCUT2D eigenvalue weighted by Gasteiger charge is -2.11. The number of aromatic amines is 2. The molecule has 3 heterocycles. The first-order valence-electron chi connectivity index (χ1n) is 9.98. The van der Waals surface area contributed by atoms with Crippen LogP contribution in [0.4, 0.5) is 8.78 Å². The average Bonchev–Trinajstić information content (AvgIpc) is 3.49. The summed E-state index contributed by atoms with van der Waals surface area (Å²) in [6.45, 7) is 3.58. The Morgan fingerprint density at radius 2 is 2.03 bits per heavy atom. The lowest BCUT2D eigenvalue weighted by Crippen LogP contribution is -2.22. The molecule has 3 aromatic heterocycles. The zero-order chi connectivity index (χ0) is 24.0. The van der Waals surface area contributed by atoms with E-state index in [1.807, 2.05) is 23.9 Å². The SMILES string of the molecule is C=c1nns/c1=c1\[nH][nH]c(=O)\c1=C/c1cn(C)c2cccc(OCc3c(F)ccc(F)c3Cl)c12. The van der Waals surface area contributed by atoms with E-state index in [1.165, 1.54) is 0 Å². The van der Waals surface area contributed by atoms with E-state index in [4.69, 9.17) is 16.3 Å². The van der Waals surface area contributed by atoms with E-state index >= 15 is 0 Å². The van der Waals surface area contributed by atoms with Crippen molar-refractivity contribution in [3.63, 3.8) is 0 Å². The van der Waals surface area contributed by atoms with Gasteiger partial charge in [-0.3, -0.25) is 15.0 Å². The Morgan fingerprint density at radius 3 is 2.79 bits per heavy atom. The number of aromatic nitrogens is 5. The van der Waals surface area contributed by atoms with Gasteiger partial charge in [0.25, 0.3) is 5.56 Å². The van der Waals surface area contributed by atoms with Gasteiger partial charge in [-0.2, -0.15) is 0 Å². The lowest BCUT2D eigenvalue weighted by molar-refractivity contribution is 0.302.